The highest BCUT2D eigenvalue weighted by atomic mass is 32.2. The lowest BCUT2D eigenvalue weighted by atomic mass is 10.1. The number of benzene rings is 1. The molecule has 1 aliphatic rings. The Hall–Kier alpha value is -1.20. The van der Waals surface area contributed by atoms with Gasteiger partial charge in [0.1, 0.15) is 11.9 Å². The van der Waals surface area contributed by atoms with Crippen LogP contribution in [0.1, 0.15) is 24.5 Å². The fourth-order valence-corrected chi connectivity index (χ4v) is 2.92. The molecule has 1 atom stereocenters. The molecule has 2 N–H and O–H groups in total. The maximum absolute atomic E-state index is 10.6. The maximum Gasteiger partial charge on any atom is 0.337 e. The molecule has 0 amide bonds. The van der Waals surface area contributed by atoms with E-state index in [1.807, 2.05) is 11.8 Å². The summed E-state index contributed by atoms with van der Waals surface area (Å²) in [5.41, 5.74) is 0.369. The van der Waals surface area contributed by atoms with E-state index in [4.69, 9.17) is 9.84 Å². The lowest BCUT2D eigenvalue weighted by Gasteiger charge is -2.22. The van der Waals surface area contributed by atoms with E-state index in [9.17, 15) is 9.90 Å². The number of rotatable bonds is 4. The lowest BCUT2D eigenvalue weighted by molar-refractivity contribution is -0.146. The fraction of sp³-hybridized carbons (Fsp3) is 0.462. The van der Waals surface area contributed by atoms with Crippen LogP contribution in [0.3, 0.4) is 0 Å². The minimum Gasteiger partial charge on any atom is -0.490 e. The van der Waals surface area contributed by atoms with Gasteiger partial charge in [-0.3, -0.25) is 0 Å². The van der Waals surface area contributed by atoms with E-state index in [1.165, 1.54) is 0 Å². The third-order valence-electron chi connectivity index (χ3n) is 2.90. The molecule has 1 aromatic rings. The summed E-state index contributed by atoms with van der Waals surface area (Å²) in [5.74, 6) is 1.74. The number of ether oxygens (including phenoxy) is 1. The SMILES string of the molecule is O=C(O)C(O)c1ccc(OC2CCSCC2)cc1. The first-order valence-corrected chi connectivity index (χ1v) is 7.07. The predicted molar refractivity (Wildman–Crippen MR) is 70.0 cm³/mol. The molecule has 2 rings (SSSR count). The molecule has 1 aliphatic heterocycles. The molecular weight excluding hydrogens is 252 g/mol. The van der Waals surface area contributed by atoms with Crippen LogP contribution in [-0.4, -0.2) is 33.8 Å². The molecule has 5 heteroatoms. The zero-order valence-electron chi connectivity index (χ0n) is 9.91. The highest BCUT2D eigenvalue weighted by molar-refractivity contribution is 7.99. The number of hydrogen-bond acceptors (Lipinski definition) is 4. The van der Waals surface area contributed by atoms with Crippen molar-refractivity contribution in [1.29, 1.82) is 0 Å². The van der Waals surface area contributed by atoms with E-state index < -0.39 is 12.1 Å². The topological polar surface area (TPSA) is 66.8 Å². The van der Waals surface area contributed by atoms with E-state index in [0.717, 1.165) is 30.1 Å². The average molecular weight is 268 g/mol. The molecule has 1 aromatic carbocycles. The first-order valence-electron chi connectivity index (χ1n) is 5.92. The Morgan fingerprint density at radius 3 is 2.44 bits per heavy atom. The van der Waals surface area contributed by atoms with Crippen LogP contribution in [0.2, 0.25) is 0 Å². The second kappa shape index (κ2) is 6.11. The van der Waals surface area contributed by atoms with Gasteiger partial charge < -0.3 is 14.9 Å². The summed E-state index contributed by atoms with van der Waals surface area (Å²) >= 11 is 1.94. The molecule has 0 spiro atoms. The molecule has 0 bridgehead atoms. The number of aliphatic hydroxyl groups excluding tert-OH is 1. The number of aliphatic carboxylic acids is 1. The molecule has 0 aromatic heterocycles. The Balaban J connectivity index is 1.96. The summed E-state index contributed by atoms with van der Waals surface area (Å²) in [6, 6.07) is 6.60. The van der Waals surface area contributed by atoms with Crippen molar-refractivity contribution in [2.45, 2.75) is 25.0 Å². The summed E-state index contributed by atoms with van der Waals surface area (Å²) in [4.78, 5) is 10.6. The number of hydrogen-bond donors (Lipinski definition) is 2. The summed E-state index contributed by atoms with van der Waals surface area (Å²) < 4.78 is 5.81. The van der Waals surface area contributed by atoms with Crippen LogP contribution in [0.5, 0.6) is 5.75 Å². The molecular formula is C13H16O4S. The van der Waals surface area contributed by atoms with Gasteiger partial charge in [-0.25, -0.2) is 4.79 Å². The van der Waals surface area contributed by atoms with Crippen molar-refractivity contribution in [3.8, 4) is 5.75 Å². The van der Waals surface area contributed by atoms with Crippen molar-refractivity contribution in [2.75, 3.05) is 11.5 Å². The third kappa shape index (κ3) is 3.40. The molecule has 98 valence electrons. The summed E-state index contributed by atoms with van der Waals surface area (Å²) in [7, 11) is 0. The fourth-order valence-electron chi connectivity index (χ4n) is 1.86. The maximum atomic E-state index is 10.6. The summed E-state index contributed by atoms with van der Waals surface area (Å²) in [6.07, 6.45) is 0.876. The number of carboxylic acid groups (broad SMARTS) is 1. The first-order chi connectivity index (χ1) is 8.66. The van der Waals surface area contributed by atoms with Gasteiger partial charge in [0.15, 0.2) is 6.10 Å². The van der Waals surface area contributed by atoms with Crippen molar-refractivity contribution in [2.24, 2.45) is 0 Å². The second-order valence-corrected chi connectivity index (χ2v) is 5.46. The third-order valence-corrected chi connectivity index (χ3v) is 3.95. The summed E-state index contributed by atoms with van der Waals surface area (Å²) in [5, 5.41) is 18.0. The Labute approximate surface area is 110 Å². The van der Waals surface area contributed by atoms with Crippen LogP contribution in [0.4, 0.5) is 0 Å². The van der Waals surface area contributed by atoms with Gasteiger partial charge in [0, 0.05) is 0 Å². The van der Waals surface area contributed by atoms with Gasteiger partial charge in [-0.05, 0) is 42.0 Å². The highest BCUT2D eigenvalue weighted by Gasteiger charge is 2.17. The zero-order chi connectivity index (χ0) is 13.0. The molecule has 0 radical (unpaired) electrons. The molecule has 4 nitrogen and oxygen atoms in total. The summed E-state index contributed by atoms with van der Waals surface area (Å²) in [6.45, 7) is 0. The quantitative estimate of drug-likeness (QED) is 0.875. The van der Waals surface area contributed by atoms with Crippen LogP contribution in [0.15, 0.2) is 24.3 Å². The normalized spacial score (nSPS) is 18.3. The van der Waals surface area contributed by atoms with Gasteiger partial charge in [0.05, 0.1) is 0 Å². The lowest BCUT2D eigenvalue weighted by Crippen LogP contribution is -2.22. The highest BCUT2D eigenvalue weighted by Crippen LogP contribution is 2.24. The number of carboxylic acids is 1. The molecule has 0 saturated carbocycles. The van der Waals surface area contributed by atoms with Gasteiger partial charge in [-0.2, -0.15) is 11.8 Å². The van der Waals surface area contributed by atoms with Crippen LogP contribution in [0.25, 0.3) is 0 Å². The van der Waals surface area contributed by atoms with Gasteiger partial charge in [-0.1, -0.05) is 12.1 Å². The first kappa shape index (κ1) is 13.2. The second-order valence-electron chi connectivity index (χ2n) is 4.24. The molecule has 1 heterocycles. The van der Waals surface area contributed by atoms with E-state index in [2.05, 4.69) is 0 Å². The average Bonchev–Trinajstić information content (AvgIpc) is 2.40. The van der Waals surface area contributed by atoms with Crippen molar-refractivity contribution in [1.82, 2.24) is 0 Å². The van der Waals surface area contributed by atoms with Crippen LogP contribution >= 0.6 is 11.8 Å². The van der Waals surface area contributed by atoms with E-state index in [0.29, 0.717) is 5.56 Å². The number of aliphatic hydroxyl groups is 1. The minimum absolute atomic E-state index is 0.251. The van der Waals surface area contributed by atoms with Gasteiger partial charge in [-0.15, -0.1) is 0 Å². The standard InChI is InChI=1S/C13H16O4S/c14-12(13(15)16)9-1-3-10(4-2-9)17-11-5-7-18-8-6-11/h1-4,11-12,14H,5-8H2,(H,15,16). The minimum atomic E-state index is -1.47. The van der Waals surface area contributed by atoms with E-state index in [-0.39, 0.29) is 6.10 Å². The van der Waals surface area contributed by atoms with Crippen LogP contribution in [-0.2, 0) is 4.79 Å². The van der Waals surface area contributed by atoms with Crippen LogP contribution in [0, 0.1) is 0 Å². The van der Waals surface area contributed by atoms with Gasteiger partial charge in [0.2, 0.25) is 0 Å². The van der Waals surface area contributed by atoms with Crippen molar-refractivity contribution in [3.63, 3.8) is 0 Å². The molecule has 0 aliphatic carbocycles. The zero-order valence-corrected chi connectivity index (χ0v) is 10.7. The van der Waals surface area contributed by atoms with Gasteiger partial charge >= 0.3 is 5.97 Å². The van der Waals surface area contributed by atoms with Crippen molar-refractivity contribution >= 4 is 17.7 Å². The number of carbonyl (C=O) groups is 1. The molecule has 18 heavy (non-hydrogen) atoms. The Kier molecular flexibility index (Phi) is 4.49. The Morgan fingerprint density at radius 2 is 1.89 bits per heavy atom. The van der Waals surface area contributed by atoms with Crippen LogP contribution < -0.4 is 4.74 Å². The monoisotopic (exact) mass is 268 g/mol. The van der Waals surface area contributed by atoms with Crippen molar-refractivity contribution in [3.05, 3.63) is 29.8 Å². The molecule has 1 fully saturated rings. The Morgan fingerprint density at radius 1 is 1.28 bits per heavy atom. The number of thioether (sulfide) groups is 1. The smallest absolute Gasteiger partial charge is 0.337 e. The van der Waals surface area contributed by atoms with E-state index >= 15 is 0 Å². The van der Waals surface area contributed by atoms with E-state index in [1.54, 1.807) is 24.3 Å². The molecule has 1 saturated heterocycles. The van der Waals surface area contributed by atoms with Crippen molar-refractivity contribution < 1.29 is 19.7 Å². The Bertz CT molecular complexity index is 398. The van der Waals surface area contributed by atoms with Gasteiger partial charge in [0.25, 0.3) is 0 Å². The predicted octanol–water partition coefficient (Wildman–Crippen LogP) is 2.08. The molecule has 1 unspecified atom stereocenters. The largest absolute Gasteiger partial charge is 0.490 e.